The van der Waals surface area contributed by atoms with Crippen LogP contribution in [-0.2, 0) is 0 Å². The second-order valence-electron chi connectivity index (χ2n) is 5.22. The number of aryl methyl sites for hydroxylation is 1. The van der Waals surface area contributed by atoms with Gasteiger partial charge in [0.05, 0.1) is 21.6 Å². The zero-order valence-electron chi connectivity index (χ0n) is 12.1. The summed E-state index contributed by atoms with van der Waals surface area (Å²) in [6, 6.07) is 11.2. The number of hydrogen-bond donors (Lipinski definition) is 1. The summed E-state index contributed by atoms with van der Waals surface area (Å²) >= 11 is 12.1. The number of para-hydroxylation sites is 1. The van der Waals surface area contributed by atoms with Crippen molar-refractivity contribution in [3.8, 4) is 23.0 Å². The molecule has 0 aliphatic carbocycles. The van der Waals surface area contributed by atoms with Gasteiger partial charge >= 0.3 is 0 Å². The van der Waals surface area contributed by atoms with Crippen molar-refractivity contribution in [1.29, 1.82) is 0 Å². The molecule has 0 bridgehead atoms. The Labute approximate surface area is 142 Å². The fourth-order valence-electron chi connectivity index (χ4n) is 2.47. The Morgan fingerprint density at radius 3 is 2.74 bits per heavy atom. The highest BCUT2D eigenvalue weighted by molar-refractivity contribution is 6.36. The molecule has 0 aliphatic rings. The summed E-state index contributed by atoms with van der Waals surface area (Å²) in [5.41, 5.74) is 4.32. The first-order valence-corrected chi connectivity index (χ1v) is 7.74. The third-order valence-corrected chi connectivity index (χ3v) is 4.17. The number of nitrogens with one attached hydrogen (secondary N) is 1. The molecule has 0 saturated carbocycles. The van der Waals surface area contributed by atoms with Crippen molar-refractivity contribution < 1.29 is 4.42 Å². The molecule has 0 spiro atoms. The number of rotatable bonds is 2. The zero-order chi connectivity index (χ0) is 16.0. The minimum absolute atomic E-state index is 0.429. The van der Waals surface area contributed by atoms with Gasteiger partial charge in [-0.2, -0.15) is 0 Å². The largest absolute Gasteiger partial charge is 0.444 e. The van der Waals surface area contributed by atoms with Crippen LogP contribution in [0.2, 0.25) is 10.0 Å². The molecule has 0 saturated heterocycles. The first-order chi connectivity index (χ1) is 11.1. The maximum absolute atomic E-state index is 6.20. The summed E-state index contributed by atoms with van der Waals surface area (Å²) in [5.74, 6) is 1.09. The standard InChI is InChI=1S/C17H11Cl2N3O/c1-9-3-2-4-13-15(9)22-16(20-13)14-8-23-17(21-14)11-6-5-10(18)7-12(11)19/h2-8H,1H3,(H,20,22). The molecule has 2 heterocycles. The molecule has 0 amide bonds. The van der Waals surface area contributed by atoms with Gasteiger partial charge < -0.3 is 9.40 Å². The Kier molecular flexibility index (Phi) is 3.36. The fourth-order valence-corrected chi connectivity index (χ4v) is 2.96. The summed E-state index contributed by atoms with van der Waals surface area (Å²) in [6.45, 7) is 2.02. The molecule has 0 atom stereocenters. The highest BCUT2D eigenvalue weighted by atomic mass is 35.5. The number of halogens is 2. The van der Waals surface area contributed by atoms with Crippen molar-refractivity contribution in [2.45, 2.75) is 6.92 Å². The van der Waals surface area contributed by atoms with Crippen LogP contribution in [0.5, 0.6) is 0 Å². The van der Waals surface area contributed by atoms with Gasteiger partial charge in [0, 0.05) is 5.02 Å². The van der Waals surface area contributed by atoms with Crippen LogP contribution in [0.1, 0.15) is 5.56 Å². The molecule has 0 aliphatic heterocycles. The van der Waals surface area contributed by atoms with Crippen LogP contribution in [-0.4, -0.2) is 15.0 Å². The van der Waals surface area contributed by atoms with Gasteiger partial charge in [-0.3, -0.25) is 0 Å². The summed E-state index contributed by atoms with van der Waals surface area (Å²) in [5, 5.41) is 1.06. The molecular formula is C17H11Cl2N3O. The predicted octanol–water partition coefficient (Wildman–Crippen LogP) is 5.50. The van der Waals surface area contributed by atoms with Gasteiger partial charge in [-0.15, -0.1) is 0 Å². The lowest BCUT2D eigenvalue weighted by Crippen LogP contribution is -1.83. The smallest absolute Gasteiger partial charge is 0.228 e. The maximum atomic E-state index is 6.20. The number of benzene rings is 2. The van der Waals surface area contributed by atoms with Crippen LogP contribution >= 0.6 is 23.2 Å². The van der Waals surface area contributed by atoms with E-state index in [0.717, 1.165) is 16.6 Å². The van der Waals surface area contributed by atoms with Crippen LogP contribution in [0, 0.1) is 6.92 Å². The molecule has 114 valence electrons. The molecule has 2 aromatic heterocycles. The molecule has 0 unspecified atom stereocenters. The molecule has 0 radical (unpaired) electrons. The van der Waals surface area contributed by atoms with Crippen LogP contribution in [0.15, 0.2) is 47.1 Å². The van der Waals surface area contributed by atoms with Crippen molar-refractivity contribution in [2.24, 2.45) is 0 Å². The minimum Gasteiger partial charge on any atom is -0.444 e. The lowest BCUT2D eigenvalue weighted by molar-refractivity contribution is 0.575. The highest BCUT2D eigenvalue weighted by Crippen LogP contribution is 2.31. The highest BCUT2D eigenvalue weighted by Gasteiger charge is 2.14. The van der Waals surface area contributed by atoms with E-state index >= 15 is 0 Å². The van der Waals surface area contributed by atoms with Crippen LogP contribution in [0.3, 0.4) is 0 Å². The number of fused-ring (bicyclic) bond motifs is 1. The van der Waals surface area contributed by atoms with E-state index in [1.54, 1.807) is 24.5 Å². The van der Waals surface area contributed by atoms with Crippen LogP contribution < -0.4 is 0 Å². The number of oxazole rings is 1. The van der Waals surface area contributed by atoms with Crippen molar-refractivity contribution in [2.75, 3.05) is 0 Å². The number of H-pyrrole nitrogens is 1. The van der Waals surface area contributed by atoms with Gasteiger partial charge in [0.2, 0.25) is 5.89 Å². The Hall–Kier alpha value is -2.30. The third kappa shape index (κ3) is 2.50. The summed E-state index contributed by atoms with van der Waals surface area (Å²) in [7, 11) is 0. The molecule has 2 aromatic carbocycles. The first-order valence-electron chi connectivity index (χ1n) is 6.98. The third-order valence-electron chi connectivity index (χ3n) is 3.62. The molecule has 23 heavy (non-hydrogen) atoms. The molecule has 0 fully saturated rings. The van der Waals surface area contributed by atoms with Crippen LogP contribution in [0.25, 0.3) is 34.0 Å². The molecule has 6 heteroatoms. The summed E-state index contributed by atoms with van der Waals surface area (Å²) < 4.78 is 5.55. The van der Waals surface area contributed by atoms with Crippen molar-refractivity contribution in [1.82, 2.24) is 15.0 Å². The molecular weight excluding hydrogens is 333 g/mol. The quantitative estimate of drug-likeness (QED) is 0.522. The van der Waals surface area contributed by atoms with Gasteiger partial charge in [-0.05, 0) is 36.8 Å². The summed E-state index contributed by atoms with van der Waals surface area (Å²) in [4.78, 5) is 12.3. The van der Waals surface area contributed by atoms with E-state index in [0.29, 0.717) is 33.0 Å². The van der Waals surface area contributed by atoms with Crippen molar-refractivity contribution in [3.63, 3.8) is 0 Å². The number of aromatic nitrogens is 3. The second kappa shape index (κ2) is 5.41. The van der Waals surface area contributed by atoms with E-state index in [1.165, 1.54) is 0 Å². The SMILES string of the molecule is Cc1cccc2[nH]c(-c3coc(-c4ccc(Cl)cc4Cl)n3)nc12. The molecule has 4 nitrogen and oxygen atoms in total. The lowest BCUT2D eigenvalue weighted by Gasteiger charge is -1.99. The van der Waals surface area contributed by atoms with E-state index < -0.39 is 0 Å². The lowest BCUT2D eigenvalue weighted by atomic mass is 10.2. The average molecular weight is 344 g/mol. The van der Waals surface area contributed by atoms with Gasteiger partial charge in [-0.1, -0.05) is 35.3 Å². The predicted molar refractivity (Wildman–Crippen MR) is 91.8 cm³/mol. The number of aromatic amines is 1. The van der Waals surface area contributed by atoms with Crippen LogP contribution in [0.4, 0.5) is 0 Å². The minimum atomic E-state index is 0.429. The van der Waals surface area contributed by atoms with Crippen molar-refractivity contribution >= 4 is 34.2 Å². The Bertz CT molecular complexity index is 1020. The van der Waals surface area contributed by atoms with E-state index in [1.807, 2.05) is 25.1 Å². The molecule has 1 N–H and O–H groups in total. The van der Waals surface area contributed by atoms with E-state index in [9.17, 15) is 0 Å². The summed E-state index contributed by atoms with van der Waals surface area (Å²) in [6.07, 6.45) is 1.56. The second-order valence-corrected chi connectivity index (χ2v) is 6.06. The zero-order valence-corrected chi connectivity index (χ0v) is 13.6. The van der Waals surface area contributed by atoms with Gasteiger partial charge in [0.15, 0.2) is 5.82 Å². The number of nitrogens with zero attached hydrogens (tertiary/aromatic N) is 2. The van der Waals surface area contributed by atoms with Crippen molar-refractivity contribution in [3.05, 3.63) is 58.3 Å². The van der Waals surface area contributed by atoms with Gasteiger partial charge in [-0.25, -0.2) is 9.97 Å². The normalized spacial score (nSPS) is 11.3. The first kappa shape index (κ1) is 14.3. The average Bonchev–Trinajstić information content (AvgIpc) is 3.14. The fraction of sp³-hybridized carbons (Fsp3) is 0.0588. The Morgan fingerprint density at radius 2 is 1.96 bits per heavy atom. The van der Waals surface area contributed by atoms with E-state index in [4.69, 9.17) is 27.6 Å². The maximum Gasteiger partial charge on any atom is 0.228 e. The molecule has 4 aromatic rings. The number of imidazole rings is 1. The van der Waals surface area contributed by atoms with E-state index in [-0.39, 0.29) is 0 Å². The van der Waals surface area contributed by atoms with Gasteiger partial charge in [0.1, 0.15) is 12.0 Å². The Morgan fingerprint density at radius 1 is 1.09 bits per heavy atom. The van der Waals surface area contributed by atoms with Gasteiger partial charge in [0.25, 0.3) is 0 Å². The number of hydrogen-bond acceptors (Lipinski definition) is 3. The van der Waals surface area contributed by atoms with E-state index in [2.05, 4.69) is 15.0 Å². The monoisotopic (exact) mass is 343 g/mol. The Balaban J connectivity index is 1.78. The topological polar surface area (TPSA) is 54.7 Å². The molecule has 4 rings (SSSR count).